The number of amides is 1. The minimum absolute atomic E-state index is 0.0307. The lowest BCUT2D eigenvalue weighted by atomic mass is 9.97. The zero-order valence-corrected chi connectivity index (χ0v) is 12.9. The highest BCUT2D eigenvalue weighted by Gasteiger charge is 2.11. The molecule has 0 bridgehead atoms. The van der Waals surface area contributed by atoms with Crippen LogP contribution >= 0.6 is 0 Å². The molecule has 0 saturated carbocycles. The molecule has 0 heterocycles. The molecule has 122 valence electrons. The summed E-state index contributed by atoms with van der Waals surface area (Å²) in [6.07, 6.45) is 0.277. The van der Waals surface area contributed by atoms with Gasteiger partial charge in [0.05, 0.1) is 6.61 Å². The Balaban J connectivity index is 1.88. The van der Waals surface area contributed by atoms with Gasteiger partial charge in [-0.3, -0.25) is 4.79 Å². The maximum atomic E-state index is 13.3. The molecule has 5 heteroatoms. The van der Waals surface area contributed by atoms with Crippen molar-refractivity contribution in [2.45, 2.75) is 32.4 Å². The maximum absolute atomic E-state index is 13.3. The summed E-state index contributed by atoms with van der Waals surface area (Å²) in [5.41, 5.74) is 1.82. The van der Waals surface area contributed by atoms with E-state index < -0.39 is 5.82 Å². The highest BCUT2D eigenvalue weighted by Crippen LogP contribution is 2.19. The maximum Gasteiger partial charge on any atom is 0.220 e. The number of aliphatic hydroxyl groups is 1. The second kappa shape index (κ2) is 7.83. The summed E-state index contributed by atoms with van der Waals surface area (Å²) in [6, 6.07) is 10.4. The molecule has 23 heavy (non-hydrogen) atoms. The standard InChI is InChI=1S/C18H19F2NO2/c1-12(14-3-5-16(19)6-4-14)8-18(23)21-10-13-2-7-17(20)15(9-13)11-22/h2-7,9,12,22H,8,10-11H2,1H3,(H,21,23). The lowest BCUT2D eigenvalue weighted by molar-refractivity contribution is -0.121. The number of aliphatic hydroxyl groups excluding tert-OH is 1. The van der Waals surface area contributed by atoms with E-state index in [-0.39, 0.29) is 42.8 Å². The molecular formula is C18H19F2NO2. The van der Waals surface area contributed by atoms with Gasteiger partial charge in [-0.05, 0) is 41.3 Å². The Bertz CT molecular complexity index is 671. The van der Waals surface area contributed by atoms with Crippen molar-refractivity contribution in [1.29, 1.82) is 0 Å². The molecule has 1 unspecified atom stereocenters. The molecule has 0 aliphatic heterocycles. The van der Waals surface area contributed by atoms with E-state index in [2.05, 4.69) is 5.32 Å². The van der Waals surface area contributed by atoms with Gasteiger partial charge in [-0.1, -0.05) is 25.1 Å². The third-order valence-electron chi connectivity index (χ3n) is 3.70. The number of rotatable bonds is 6. The smallest absolute Gasteiger partial charge is 0.220 e. The molecular weight excluding hydrogens is 300 g/mol. The van der Waals surface area contributed by atoms with Gasteiger partial charge in [0.25, 0.3) is 0 Å². The first-order valence-corrected chi connectivity index (χ1v) is 7.40. The van der Waals surface area contributed by atoms with Gasteiger partial charge in [0.15, 0.2) is 0 Å². The monoisotopic (exact) mass is 319 g/mol. The summed E-state index contributed by atoms with van der Waals surface area (Å²) < 4.78 is 26.2. The van der Waals surface area contributed by atoms with Crippen molar-refractivity contribution in [2.24, 2.45) is 0 Å². The van der Waals surface area contributed by atoms with Crippen LogP contribution in [-0.4, -0.2) is 11.0 Å². The van der Waals surface area contributed by atoms with Gasteiger partial charge >= 0.3 is 0 Å². The summed E-state index contributed by atoms with van der Waals surface area (Å²) in [4.78, 5) is 12.0. The van der Waals surface area contributed by atoms with E-state index in [0.29, 0.717) is 0 Å². The van der Waals surface area contributed by atoms with Crippen LogP contribution < -0.4 is 5.32 Å². The lowest BCUT2D eigenvalue weighted by Crippen LogP contribution is -2.24. The molecule has 1 amide bonds. The van der Waals surface area contributed by atoms with Crippen LogP contribution in [0.15, 0.2) is 42.5 Å². The number of carbonyl (C=O) groups is 1. The van der Waals surface area contributed by atoms with Crippen LogP contribution in [0, 0.1) is 11.6 Å². The summed E-state index contributed by atoms with van der Waals surface area (Å²) in [5, 5.41) is 11.8. The molecule has 0 spiro atoms. The van der Waals surface area contributed by atoms with E-state index in [4.69, 9.17) is 5.11 Å². The van der Waals surface area contributed by atoms with Crippen molar-refractivity contribution in [1.82, 2.24) is 5.32 Å². The molecule has 2 aromatic carbocycles. The van der Waals surface area contributed by atoms with Crippen LogP contribution in [0.1, 0.15) is 36.0 Å². The van der Waals surface area contributed by atoms with Gasteiger partial charge in [-0.2, -0.15) is 0 Å². The average Bonchev–Trinajstić information content (AvgIpc) is 2.54. The summed E-state index contributed by atoms with van der Waals surface area (Å²) in [7, 11) is 0. The van der Waals surface area contributed by atoms with Crippen molar-refractivity contribution >= 4 is 5.91 Å². The second-order valence-corrected chi connectivity index (χ2v) is 5.52. The van der Waals surface area contributed by atoms with Crippen LogP contribution in [0.3, 0.4) is 0 Å². The number of benzene rings is 2. The number of nitrogens with one attached hydrogen (secondary N) is 1. The number of hydrogen-bond donors (Lipinski definition) is 2. The van der Waals surface area contributed by atoms with E-state index in [1.54, 1.807) is 18.2 Å². The molecule has 0 fully saturated rings. The van der Waals surface area contributed by atoms with Gasteiger partial charge < -0.3 is 10.4 Å². The Kier molecular flexibility index (Phi) is 5.82. The fraction of sp³-hybridized carbons (Fsp3) is 0.278. The first-order chi connectivity index (χ1) is 11.0. The quantitative estimate of drug-likeness (QED) is 0.858. The fourth-order valence-electron chi connectivity index (χ4n) is 2.32. The fourth-order valence-corrected chi connectivity index (χ4v) is 2.32. The topological polar surface area (TPSA) is 49.3 Å². The number of halogens is 2. The van der Waals surface area contributed by atoms with Gasteiger partial charge in [0.2, 0.25) is 5.91 Å². The minimum atomic E-state index is -0.465. The molecule has 1 atom stereocenters. The Labute approximate surface area is 134 Å². The minimum Gasteiger partial charge on any atom is -0.392 e. The third-order valence-corrected chi connectivity index (χ3v) is 3.70. The Hall–Kier alpha value is -2.27. The van der Waals surface area contributed by atoms with Crippen LogP contribution in [0.25, 0.3) is 0 Å². The van der Waals surface area contributed by atoms with Gasteiger partial charge in [0.1, 0.15) is 11.6 Å². The van der Waals surface area contributed by atoms with Crippen LogP contribution in [0.2, 0.25) is 0 Å². The Morgan fingerprint density at radius 3 is 2.52 bits per heavy atom. The van der Waals surface area contributed by atoms with Crippen molar-refractivity contribution in [3.8, 4) is 0 Å². The van der Waals surface area contributed by atoms with Crippen molar-refractivity contribution in [3.05, 3.63) is 70.8 Å². The van der Waals surface area contributed by atoms with Crippen molar-refractivity contribution in [3.63, 3.8) is 0 Å². The predicted octanol–water partition coefficient (Wildman–Crippen LogP) is 3.27. The lowest BCUT2D eigenvalue weighted by Gasteiger charge is -2.12. The molecule has 2 rings (SSSR count). The Morgan fingerprint density at radius 2 is 1.87 bits per heavy atom. The molecule has 0 aliphatic carbocycles. The highest BCUT2D eigenvalue weighted by molar-refractivity contribution is 5.76. The molecule has 0 aliphatic rings. The van der Waals surface area contributed by atoms with Gasteiger partial charge in [-0.25, -0.2) is 8.78 Å². The number of hydrogen-bond acceptors (Lipinski definition) is 2. The summed E-state index contributed by atoms with van der Waals surface area (Å²) >= 11 is 0. The van der Waals surface area contributed by atoms with Gasteiger partial charge in [-0.15, -0.1) is 0 Å². The van der Waals surface area contributed by atoms with Crippen LogP contribution in [0.5, 0.6) is 0 Å². The van der Waals surface area contributed by atoms with E-state index in [1.807, 2.05) is 6.92 Å². The van der Waals surface area contributed by atoms with Crippen LogP contribution in [-0.2, 0) is 17.9 Å². The van der Waals surface area contributed by atoms with Gasteiger partial charge in [0, 0.05) is 18.5 Å². The van der Waals surface area contributed by atoms with Crippen molar-refractivity contribution < 1.29 is 18.7 Å². The molecule has 0 saturated heterocycles. The van der Waals surface area contributed by atoms with E-state index in [0.717, 1.165) is 11.1 Å². The van der Waals surface area contributed by atoms with Crippen molar-refractivity contribution in [2.75, 3.05) is 0 Å². The van der Waals surface area contributed by atoms with E-state index >= 15 is 0 Å². The molecule has 2 aromatic rings. The first-order valence-electron chi connectivity index (χ1n) is 7.40. The normalized spacial score (nSPS) is 12.0. The molecule has 2 N–H and O–H groups in total. The third kappa shape index (κ3) is 4.86. The van der Waals surface area contributed by atoms with Crippen LogP contribution in [0.4, 0.5) is 8.78 Å². The highest BCUT2D eigenvalue weighted by atomic mass is 19.1. The molecule has 0 radical (unpaired) electrons. The Morgan fingerprint density at radius 1 is 1.17 bits per heavy atom. The zero-order valence-electron chi connectivity index (χ0n) is 12.9. The SMILES string of the molecule is CC(CC(=O)NCc1ccc(F)c(CO)c1)c1ccc(F)cc1. The first kappa shape index (κ1) is 17.1. The van der Waals surface area contributed by atoms with E-state index in [1.165, 1.54) is 24.3 Å². The molecule has 0 aromatic heterocycles. The average molecular weight is 319 g/mol. The second-order valence-electron chi connectivity index (χ2n) is 5.52. The zero-order chi connectivity index (χ0) is 16.8. The summed E-state index contributed by atoms with van der Waals surface area (Å²) in [6.45, 7) is 1.78. The predicted molar refractivity (Wildman–Crippen MR) is 83.6 cm³/mol. The number of carbonyl (C=O) groups excluding carboxylic acids is 1. The molecule has 3 nitrogen and oxygen atoms in total. The summed E-state index contributed by atoms with van der Waals surface area (Å²) in [5.74, 6) is -0.942. The largest absolute Gasteiger partial charge is 0.392 e. The van der Waals surface area contributed by atoms with E-state index in [9.17, 15) is 13.6 Å².